The standard InChI is InChI=1S/C13H22N2S/c1-4-14-13(7-5-6-10(2)8-13)12-15-11(3)9-16-12/h9-10,14H,4-8H2,1-3H3. The number of hydrogen-bond acceptors (Lipinski definition) is 3. The van der Waals surface area contributed by atoms with E-state index < -0.39 is 0 Å². The van der Waals surface area contributed by atoms with E-state index in [-0.39, 0.29) is 5.54 Å². The van der Waals surface area contributed by atoms with Gasteiger partial charge in [0, 0.05) is 11.1 Å². The lowest BCUT2D eigenvalue weighted by molar-refractivity contribution is 0.190. The van der Waals surface area contributed by atoms with E-state index in [9.17, 15) is 0 Å². The van der Waals surface area contributed by atoms with Crippen molar-refractivity contribution in [3.63, 3.8) is 0 Å². The third-order valence-corrected chi connectivity index (χ3v) is 4.71. The number of nitrogens with zero attached hydrogens (tertiary/aromatic N) is 1. The molecule has 1 aliphatic rings. The van der Waals surface area contributed by atoms with Crippen LogP contribution in [-0.2, 0) is 5.54 Å². The highest BCUT2D eigenvalue weighted by atomic mass is 32.1. The highest BCUT2D eigenvalue weighted by Crippen LogP contribution is 2.40. The van der Waals surface area contributed by atoms with Crippen molar-refractivity contribution in [2.24, 2.45) is 5.92 Å². The Morgan fingerprint density at radius 2 is 2.44 bits per heavy atom. The molecule has 1 aliphatic carbocycles. The summed E-state index contributed by atoms with van der Waals surface area (Å²) in [5, 5.41) is 7.18. The monoisotopic (exact) mass is 238 g/mol. The Balaban J connectivity index is 2.27. The number of nitrogens with one attached hydrogen (secondary N) is 1. The molecule has 1 saturated carbocycles. The molecule has 2 rings (SSSR count). The van der Waals surface area contributed by atoms with Crippen molar-refractivity contribution in [1.29, 1.82) is 0 Å². The van der Waals surface area contributed by atoms with E-state index in [0.29, 0.717) is 0 Å². The molecular weight excluding hydrogens is 216 g/mol. The Hall–Kier alpha value is -0.410. The van der Waals surface area contributed by atoms with Crippen LogP contribution < -0.4 is 5.32 Å². The van der Waals surface area contributed by atoms with Gasteiger partial charge in [0.1, 0.15) is 5.01 Å². The first-order chi connectivity index (χ1) is 7.66. The van der Waals surface area contributed by atoms with Crippen LogP contribution in [-0.4, -0.2) is 11.5 Å². The lowest BCUT2D eigenvalue weighted by Crippen LogP contribution is -2.45. The fourth-order valence-corrected chi connectivity index (χ4v) is 3.91. The summed E-state index contributed by atoms with van der Waals surface area (Å²) in [6.45, 7) is 7.68. The summed E-state index contributed by atoms with van der Waals surface area (Å²) in [7, 11) is 0. The minimum atomic E-state index is 0.172. The fourth-order valence-electron chi connectivity index (χ4n) is 2.89. The first-order valence-corrected chi connectivity index (χ1v) is 7.22. The molecule has 16 heavy (non-hydrogen) atoms. The van der Waals surface area contributed by atoms with Crippen LogP contribution in [0.4, 0.5) is 0 Å². The van der Waals surface area contributed by atoms with E-state index in [4.69, 9.17) is 4.98 Å². The number of hydrogen-bond donors (Lipinski definition) is 1. The largest absolute Gasteiger partial charge is 0.306 e. The van der Waals surface area contributed by atoms with Gasteiger partial charge in [-0.05, 0) is 32.2 Å². The van der Waals surface area contributed by atoms with Gasteiger partial charge >= 0.3 is 0 Å². The van der Waals surface area contributed by atoms with E-state index >= 15 is 0 Å². The van der Waals surface area contributed by atoms with Crippen LogP contribution in [0.1, 0.15) is 50.2 Å². The second kappa shape index (κ2) is 4.84. The summed E-state index contributed by atoms with van der Waals surface area (Å²) in [5.41, 5.74) is 1.33. The second-order valence-electron chi connectivity index (χ2n) is 5.11. The molecule has 2 atom stereocenters. The third-order valence-electron chi connectivity index (χ3n) is 3.54. The zero-order chi connectivity index (χ0) is 11.6. The minimum absolute atomic E-state index is 0.172. The van der Waals surface area contributed by atoms with Crippen molar-refractivity contribution >= 4 is 11.3 Å². The van der Waals surface area contributed by atoms with Crippen LogP contribution in [0, 0.1) is 12.8 Å². The Morgan fingerprint density at radius 1 is 1.62 bits per heavy atom. The topological polar surface area (TPSA) is 24.9 Å². The molecule has 1 aromatic heterocycles. The Kier molecular flexibility index (Phi) is 3.65. The predicted octanol–water partition coefficient (Wildman–Crippen LogP) is 3.47. The van der Waals surface area contributed by atoms with Crippen LogP contribution in [0.3, 0.4) is 0 Å². The van der Waals surface area contributed by atoms with Crippen LogP contribution in [0.2, 0.25) is 0 Å². The molecule has 0 radical (unpaired) electrons. The van der Waals surface area contributed by atoms with E-state index in [1.165, 1.54) is 30.7 Å². The van der Waals surface area contributed by atoms with E-state index in [0.717, 1.165) is 18.2 Å². The zero-order valence-electron chi connectivity index (χ0n) is 10.5. The lowest BCUT2D eigenvalue weighted by atomic mass is 9.76. The van der Waals surface area contributed by atoms with Crippen molar-refractivity contribution < 1.29 is 0 Å². The van der Waals surface area contributed by atoms with Crippen molar-refractivity contribution in [2.75, 3.05) is 6.54 Å². The van der Waals surface area contributed by atoms with E-state index in [1.54, 1.807) is 0 Å². The predicted molar refractivity (Wildman–Crippen MR) is 69.8 cm³/mol. The highest BCUT2D eigenvalue weighted by Gasteiger charge is 2.37. The maximum absolute atomic E-state index is 4.72. The van der Waals surface area contributed by atoms with Gasteiger partial charge in [0.05, 0.1) is 5.54 Å². The van der Waals surface area contributed by atoms with Crippen molar-refractivity contribution in [2.45, 2.75) is 52.0 Å². The summed E-state index contributed by atoms with van der Waals surface area (Å²) in [6, 6.07) is 0. The second-order valence-corrected chi connectivity index (χ2v) is 5.97. The molecule has 1 heterocycles. The number of aromatic nitrogens is 1. The molecule has 2 nitrogen and oxygen atoms in total. The van der Waals surface area contributed by atoms with Crippen LogP contribution >= 0.6 is 11.3 Å². The summed E-state index contributed by atoms with van der Waals surface area (Å²) < 4.78 is 0. The van der Waals surface area contributed by atoms with Crippen LogP contribution in [0.25, 0.3) is 0 Å². The summed E-state index contributed by atoms with van der Waals surface area (Å²) in [4.78, 5) is 4.72. The van der Waals surface area contributed by atoms with Gasteiger partial charge in [-0.1, -0.05) is 26.7 Å². The minimum Gasteiger partial charge on any atom is -0.306 e. The van der Waals surface area contributed by atoms with E-state index in [1.807, 2.05) is 11.3 Å². The molecule has 1 aromatic rings. The fraction of sp³-hybridized carbons (Fsp3) is 0.769. The Labute approximate surface area is 102 Å². The SMILES string of the molecule is CCNC1(c2nc(C)cs2)CCCC(C)C1. The van der Waals surface area contributed by atoms with Gasteiger partial charge in [-0.25, -0.2) is 4.98 Å². The quantitative estimate of drug-likeness (QED) is 0.872. The zero-order valence-corrected chi connectivity index (χ0v) is 11.4. The molecule has 3 heteroatoms. The molecular formula is C13H22N2S. The highest BCUT2D eigenvalue weighted by molar-refractivity contribution is 7.09. The average molecular weight is 238 g/mol. The smallest absolute Gasteiger partial charge is 0.113 e. The molecule has 2 unspecified atom stereocenters. The summed E-state index contributed by atoms with van der Waals surface area (Å²) in [5.74, 6) is 0.817. The first kappa shape index (κ1) is 12.1. The summed E-state index contributed by atoms with van der Waals surface area (Å²) >= 11 is 1.82. The van der Waals surface area contributed by atoms with Crippen molar-refractivity contribution in [3.05, 3.63) is 16.1 Å². The van der Waals surface area contributed by atoms with E-state index in [2.05, 4.69) is 31.5 Å². The third kappa shape index (κ3) is 2.30. The van der Waals surface area contributed by atoms with Crippen molar-refractivity contribution in [3.8, 4) is 0 Å². The lowest BCUT2D eigenvalue weighted by Gasteiger charge is -2.39. The van der Waals surface area contributed by atoms with Gasteiger partial charge < -0.3 is 5.32 Å². The Bertz CT molecular complexity index is 343. The molecule has 0 amide bonds. The normalized spacial score (nSPS) is 30.6. The van der Waals surface area contributed by atoms with Crippen LogP contribution in [0.15, 0.2) is 5.38 Å². The van der Waals surface area contributed by atoms with Gasteiger partial charge in [-0.3, -0.25) is 0 Å². The van der Waals surface area contributed by atoms with Gasteiger partial charge in [0.2, 0.25) is 0 Å². The van der Waals surface area contributed by atoms with Crippen LogP contribution in [0.5, 0.6) is 0 Å². The average Bonchev–Trinajstić information content (AvgIpc) is 2.66. The molecule has 0 spiro atoms. The van der Waals surface area contributed by atoms with Gasteiger partial charge in [0.15, 0.2) is 0 Å². The molecule has 90 valence electrons. The van der Waals surface area contributed by atoms with Gasteiger partial charge in [0.25, 0.3) is 0 Å². The molecule has 0 saturated heterocycles. The number of thiazole rings is 1. The summed E-state index contributed by atoms with van der Waals surface area (Å²) in [6.07, 6.45) is 5.19. The number of rotatable bonds is 3. The molecule has 1 N–H and O–H groups in total. The maximum atomic E-state index is 4.72. The first-order valence-electron chi connectivity index (χ1n) is 6.34. The van der Waals surface area contributed by atoms with Gasteiger partial charge in [-0.2, -0.15) is 0 Å². The maximum Gasteiger partial charge on any atom is 0.113 e. The van der Waals surface area contributed by atoms with Crippen molar-refractivity contribution in [1.82, 2.24) is 10.3 Å². The molecule has 0 aromatic carbocycles. The molecule has 0 aliphatic heterocycles. The molecule has 1 fully saturated rings. The number of aryl methyl sites for hydroxylation is 1. The molecule has 0 bridgehead atoms. The Morgan fingerprint density at radius 3 is 3.00 bits per heavy atom. The van der Waals surface area contributed by atoms with Gasteiger partial charge in [-0.15, -0.1) is 11.3 Å².